The van der Waals surface area contributed by atoms with Gasteiger partial charge in [0, 0.05) is 18.3 Å². The normalized spacial score (nSPS) is 10.6. The molecule has 0 bridgehead atoms. The van der Waals surface area contributed by atoms with E-state index < -0.39 is 0 Å². The molecular formula is C19H22N4O. The average molecular weight is 322 g/mol. The molecule has 0 spiro atoms. The minimum atomic E-state index is 0.597. The summed E-state index contributed by atoms with van der Waals surface area (Å²) in [7, 11) is 0. The van der Waals surface area contributed by atoms with Crippen LogP contribution in [0.4, 0.5) is 17.3 Å². The van der Waals surface area contributed by atoms with Crippen LogP contribution in [0.5, 0.6) is 0 Å². The van der Waals surface area contributed by atoms with E-state index in [4.69, 9.17) is 4.42 Å². The van der Waals surface area contributed by atoms with Gasteiger partial charge in [-0.2, -0.15) is 0 Å². The van der Waals surface area contributed by atoms with Crippen LogP contribution in [0.15, 0.2) is 53.1 Å². The molecule has 0 atom stereocenters. The molecule has 2 heterocycles. The van der Waals surface area contributed by atoms with Crippen molar-refractivity contribution in [3.05, 3.63) is 65.9 Å². The van der Waals surface area contributed by atoms with Gasteiger partial charge >= 0.3 is 0 Å². The molecule has 0 aliphatic heterocycles. The van der Waals surface area contributed by atoms with Crippen LogP contribution in [0, 0.1) is 13.8 Å². The van der Waals surface area contributed by atoms with Gasteiger partial charge in [0.15, 0.2) is 0 Å². The van der Waals surface area contributed by atoms with E-state index in [0.29, 0.717) is 6.54 Å². The van der Waals surface area contributed by atoms with Gasteiger partial charge in [0.05, 0.1) is 12.8 Å². The molecule has 0 unspecified atom stereocenters. The molecule has 5 nitrogen and oxygen atoms in total. The molecule has 5 heteroatoms. The van der Waals surface area contributed by atoms with E-state index in [1.54, 1.807) is 6.26 Å². The predicted molar refractivity (Wildman–Crippen MR) is 96.7 cm³/mol. The van der Waals surface area contributed by atoms with Gasteiger partial charge in [-0.15, -0.1) is 0 Å². The number of aromatic nitrogens is 2. The molecule has 0 saturated carbocycles. The zero-order valence-electron chi connectivity index (χ0n) is 14.3. The fourth-order valence-electron chi connectivity index (χ4n) is 2.64. The largest absolute Gasteiger partial charge is 0.467 e. The Morgan fingerprint density at radius 1 is 1.08 bits per heavy atom. The van der Waals surface area contributed by atoms with Crippen molar-refractivity contribution in [1.82, 2.24) is 9.97 Å². The van der Waals surface area contributed by atoms with E-state index in [1.807, 2.05) is 25.1 Å². The Kier molecular flexibility index (Phi) is 4.79. The first-order chi connectivity index (χ1) is 11.7. The van der Waals surface area contributed by atoms with Gasteiger partial charge in [-0.25, -0.2) is 9.97 Å². The molecular weight excluding hydrogens is 300 g/mol. The zero-order valence-corrected chi connectivity index (χ0v) is 14.3. The van der Waals surface area contributed by atoms with Gasteiger partial charge in [0.2, 0.25) is 0 Å². The Morgan fingerprint density at radius 3 is 2.67 bits per heavy atom. The number of rotatable bonds is 6. The van der Waals surface area contributed by atoms with Crippen molar-refractivity contribution in [2.24, 2.45) is 0 Å². The number of nitrogens with one attached hydrogen (secondary N) is 1. The van der Waals surface area contributed by atoms with Gasteiger partial charge in [0.25, 0.3) is 0 Å². The lowest BCUT2D eigenvalue weighted by atomic mass is 10.2. The number of hydrogen-bond acceptors (Lipinski definition) is 5. The summed E-state index contributed by atoms with van der Waals surface area (Å²) in [6, 6.07) is 14.2. The van der Waals surface area contributed by atoms with Crippen LogP contribution < -0.4 is 10.2 Å². The van der Waals surface area contributed by atoms with Crippen LogP contribution in [0.3, 0.4) is 0 Å². The lowest BCUT2D eigenvalue weighted by molar-refractivity contribution is 0.517. The molecule has 0 amide bonds. The van der Waals surface area contributed by atoms with Crippen LogP contribution in [-0.4, -0.2) is 16.5 Å². The Balaban J connectivity index is 1.86. The molecule has 0 saturated heterocycles. The minimum absolute atomic E-state index is 0.597. The van der Waals surface area contributed by atoms with E-state index in [2.05, 4.69) is 58.3 Å². The van der Waals surface area contributed by atoms with Crippen LogP contribution in [0.2, 0.25) is 0 Å². The predicted octanol–water partition coefficient (Wildman–Crippen LogP) is 4.46. The van der Waals surface area contributed by atoms with E-state index in [0.717, 1.165) is 35.5 Å². The van der Waals surface area contributed by atoms with Crippen molar-refractivity contribution in [2.75, 3.05) is 16.8 Å². The summed E-state index contributed by atoms with van der Waals surface area (Å²) in [4.78, 5) is 11.3. The molecule has 24 heavy (non-hydrogen) atoms. The maximum atomic E-state index is 5.35. The van der Waals surface area contributed by atoms with E-state index in [-0.39, 0.29) is 0 Å². The van der Waals surface area contributed by atoms with Gasteiger partial charge < -0.3 is 14.6 Å². The number of anilines is 3. The third-order valence-corrected chi connectivity index (χ3v) is 3.75. The first-order valence-corrected chi connectivity index (χ1v) is 8.12. The van der Waals surface area contributed by atoms with Crippen molar-refractivity contribution in [3.8, 4) is 0 Å². The lowest BCUT2D eigenvalue weighted by Gasteiger charge is -2.23. The van der Waals surface area contributed by atoms with E-state index in [9.17, 15) is 0 Å². The van der Waals surface area contributed by atoms with Crippen molar-refractivity contribution >= 4 is 17.3 Å². The van der Waals surface area contributed by atoms with Crippen molar-refractivity contribution < 1.29 is 4.42 Å². The smallest absolute Gasteiger partial charge is 0.138 e. The highest BCUT2D eigenvalue weighted by Gasteiger charge is 2.11. The third kappa shape index (κ3) is 3.74. The van der Waals surface area contributed by atoms with Crippen molar-refractivity contribution in [3.63, 3.8) is 0 Å². The quantitative estimate of drug-likeness (QED) is 0.726. The summed E-state index contributed by atoms with van der Waals surface area (Å²) in [6.45, 7) is 7.55. The molecule has 0 aliphatic carbocycles. The Hall–Kier alpha value is -2.82. The Bertz CT molecular complexity index is 799. The molecule has 0 aliphatic rings. The maximum absolute atomic E-state index is 5.35. The standard InChI is InChI=1S/C19H22N4O/c1-4-23(16-8-5-7-14(2)11-16)19-12-18(21-15(3)22-19)20-13-17-9-6-10-24-17/h5-12H,4,13H2,1-3H3,(H,20,21,22). The number of benzene rings is 1. The zero-order chi connectivity index (χ0) is 16.9. The number of furan rings is 1. The lowest BCUT2D eigenvalue weighted by Crippen LogP contribution is -2.18. The molecule has 3 rings (SSSR count). The number of hydrogen-bond donors (Lipinski definition) is 1. The fraction of sp³-hybridized carbons (Fsp3) is 0.263. The highest BCUT2D eigenvalue weighted by Crippen LogP contribution is 2.26. The van der Waals surface area contributed by atoms with Gasteiger partial charge in [-0.1, -0.05) is 12.1 Å². The van der Waals surface area contributed by atoms with Crippen molar-refractivity contribution in [1.29, 1.82) is 0 Å². The molecule has 3 aromatic rings. The highest BCUT2D eigenvalue weighted by molar-refractivity contribution is 5.63. The van der Waals surface area contributed by atoms with Crippen LogP contribution in [0.1, 0.15) is 24.1 Å². The first-order valence-electron chi connectivity index (χ1n) is 8.12. The summed E-state index contributed by atoms with van der Waals surface area (Å²) in [5.74, 6) is 3.29. The molecule has 1 aromatic carbocycles. The van der Waals surface area contributed by atoms with Crippen molar-refractivity contribution in [2.45, 2.75) is 27.3 Å². The minimum Gasteiger partial charge on any atom is -0.467 e. The summed E-state index contributed by atoms with van der Waals surface area (Å²) in [5.41, 5.74) is 2.36. The summed E-state index contributed by atoms with van der Waals surface area (Å²) < 4.78 is 5.35. The average Bonchev–Trinajstić information content (AvgIpc) is 3.07. The molecule has 124 valence electrons. The topological polar surface area (TPSA) is 54.2 Å². The maximum Gasteiger partial charge on any atom is 0.138 e. The second-order valence-corrected chi connectivity index (χ2v) is 5.67. The highest BCUT2D eigenvalue weighted by atomic mass is 16.3. The Morgan fingerprint density at radius 2 is 1.96 bits per heavy atom. The monoisotopic (exact) mass is 322 g/mol. The number of aryl methyl sites for hydroxylation is 2. The molecule has 0 radical (unpaired) electrons. The second-order valence-electron chi connectivity index (χ2n) is 5.67. The summed E-state index contributed by atoms with van der Waals surface area (Å²) >= 11 is 0. The SMILES string of the molecule is CCN(c1cccc(C)c1)c1cc(NCc2ccco2)nc(C)n1. The molecule has 2 aromatic heterocycles. The summed E-state index contributed by atoms with van der Waals surface area (Å²) in [5, 5.41) is 3.30. The summed E-state index contributed by atoms with van der Waals surface area (Å²) in [6.07, 6.45) is 1.67. The van der Waals surface area contributed by atoms with Gasteiger partial charge in [0.1, 0.15) is 23.2 Å². The molecule has 0 fully saturated rings. The van der Waals surface area contributed by atoms with Gasteiger partial charge in [-0.05, 0) is 50.6 Å². The first kappa shape index (κ1) is 16.1. The van der Waals surface area contributed by atoms with E-state index in [1.165, 1.54) is 5.56 Å². The molecule has 1 N–H and O–H groups in total. The van der Waals surface area contributed by atoms with Gasteiger partial charge in [-0.3, -0.25) is 0 Å². The van der Waals surface area contributed by atoms with Crippen LogP contribution in [-0.2, 0) is 6.54 Å². The number of nitrogens with zero attached hydrogens (tertiary/aromatic N) is 3. The van der Waals surface area contributed by atoms with Crippen LogP contribution in [0.25, 0.3) is 0 Å². The second kappa shape index (κ2) is 7.17. The van der Waals surface area contributed by atoms with E-state index >= 15 is 0 Å². The third-order valence-electron chi connectivity index (χ3n) is 3.75. The van der Waals surface area contributed by atoms with Crippen LogP contribution >= 0.6 is 0 Å². The fourth-order valence-corrected chi connectivity index (χ4v) is 2.64. The Labute approximate surface area is 142 Å².